The average Bonchev–Trinajstić information content (AvgIpc) is 2.90. The number of ether oxygens (including phenoxy) is 1. The molecule has 4 aromatic rings. The van der Waals surface area contributed by atoms with Gasteiger partial charge in [0.15, 0.2) is 0 Å². The van der Waals surface area contributed by atoms with Gasteiger partial charge in [-0.25, -0.2) is 0 Å². The van der Waals surface area contributed by atoms with E-state index in [9.17, 15) is 0 Å². The summed E-state index contributed by atoms with van der Waals surface area (Å²) in [5.74, 6) is 0.881. The average molecular weight is 273 g/mol. The Morgan fingerprint density at radius 2 is 1.48 bits per heavy atom. The molecule has 0 N–H and O–H groups in total. The molecule has 2 aromatic carbocycles. The first kappa shape index (κ1) is 12.0. The number of methoxy groups -OCH3 is 1. The van der Waals surface area contributed by atoms with Gasteiger partial charge in [0.2, 0.25) is 0 Å². The van der Waals surface area contributed by atoms with Crippen molar-refractivity contribution in [1.29, 1.82) is 0 Å². The minimum absolute atomic E-state index is 0.881. The van der Waals surface area contributed by atoms with Gasteiger partial charge in [-0.15, -0.1) is 0 Å². The number of rotatable bonds is 2. The van der Waals surface area contributed by atoms with Crippen molar-refractivity contribution >= 4 is 16.4 Å². The summed E-state index contributed by atoms with van der Waals surface area (Å²) in [6.07, 6.45) is 2.12. The fourth-order valence-electron chi connectivity index (χ4n) is 2.95. The van der Waals surface area contributed by atoms with E-state index in [1.807, 2.05) is 12.1 Å². The van der Waals surface area contributed by atoms with Gasteiger partial charge in [-0.05, 0) is 35.9 Å². The summed E-state index contributed by atoms with van der Waals surface area (Å²) in [5.41, 5.74) is 4.94. The third kappa shape index (κ3) is 1.80. The van der Waals surface area contributed by atoms with Gasteiger partial charge in [0.1, 0.15) is 5.75 Å². The van der Waals surface area contributed by atoms with E-state index in [-0.39, 0.29) is 0 Å². The topological polar surface area (TPSA) is 13.6 Å². The minimum Gasteiger partial charge on any atom is -0.497 e. The van der Waals surface area contributed by atoms with E-state index in [4.69, 9.17) is 4.74 Å². The van der Waals surface area contributed by atoms with Gasteiger partial charge in [0.05, 0.1) is 18.1 Å². The highest BCUT2D eigenvalue weighted by Gasteiger charge is 2.12. The first-order valence-electron chi connectivity index (χ1n) is 7.01. The van der Waals surface area contributed by atoms with Crippen molar-refractivity contribution in [2.75, 3.05) is 7.11 Å². The largest absolute Gasteiger partial charge is 0.497 e. The number of benzene rings is 2. The van der Waals surface area contributed by atoms with E-state index in [1.165, 1.54) is 27.5 Å². The third-order valence-corrected chi connectivity index (χ3v) is 3.93. The van der Waals surface area contributed by atoms with Crippen molar-refractivity contribution in [3.8, 4) is 16.9 Å². The summed E-state index contributed by atoms with van der Waals surface area (Å²) in [6.45, 7) is 0. The Balaban J connectivity index is 2.09. The second-order valence-corrected chi connectivity index (χ2v) is 5.08. The van der Waals surface area contributed by atoms with Crippen molar-refractivity contribution in [3.05, 3.63) is 72.9 Å². The lowest BCUT2D eigenvalue weighted by Gasteiger charge is -2.04. The Labute approximate surface area is 123 Å². The van der Waals surface area contributed by atoms with Crippen molar-refractivity contribution < 1.29 is 4.74 Å². The highest BCUT2D eigenvalue weighted by Crippen LogP contribution is 2.35. The number of para-hydroxylation sites is 1. The summed E-state index contributed by atoms with van der Waals surface area (Å²) in [6, 6.07) is 23.1. The molecule has 0 radical (unpaired) electrons. The van der Waals surface area contributed by atoms with Gasteiger partial charge >= 0.3 is 0 Å². The van der Waals surface area contributed by atoms with E-state index in [1.54, 1.807) is 7.11 Å². The molecule has 2 nitrogen and oxygen atoms in total. The molecule has 102 valence electrons. The molecule has 2 aromatic heterocycles. The van der Waals surface area contributed by atoms with Gasteiger partial charge < -0.3 is 9.14 Å². The van der Waals surface area contributed by atoms with Crippen LogP contribution in [0.1, 0.15) is 0 Å². The minimum atomic E-state index is 0.881. The van der Waals surface area contributed by atoms with Crippen LogP contribution < -0.4 is 4.74 Å². The van der Waals surface area contributed by atoms with Crippen LogP contribution >= 0.6 is 0 Å². The Morgan fingerprint density at radius 1 is 0.762 bits per heavy atom. The molecule has 0 bridgehead atoms. The highest BCUT2D eigenvalue weighted by atomic mass is 16.5. The summed E-state index contributed by atoms with van der Waals surface area (Å²) in [7, 11) is 1.69. The lowest BCUT2D eigenvalue weighted by Crippen LogP contribution is -1.83. The predicted octanol–water partition coefficient (Wildman–Crippen LogP) is 4.77. The zero-order chi connectivity index (χ0) is 14.2. The smallest absolute Gasteiger partial charge is 0.118 e. The molecular weight excluding hydrogens is 258 g/mol. The van der Waals surface area contributed by atoms with Gasteiger partial charge in [-0.1, -0.05) is 36.4 Å². The molecular formula is C19H15NO. The van der Waals surface area contributed by atoms with Crippen LogP contribution in [-0.2, 0) is 0 Å². The van der Waals surface area contributed by atoms with Crippen LogP contribution in [0.25, 0.3) is 27.5 Å². The quantitative estimate of drug-likeness (QED) is 0.513. The lowest BCUT2D eigenvalue weighted by atomic mass is 10.0. The third-order valence-electron chi connectivity index (χ3n) is 3.93. The van der Waals surface area contributed by atoms with E-state index in [0.29, 0.717) is 0 Å². The monoisotopic (exact) mass is 273 g/mol. The van der Waals surface area contributed by atoms with Gasteiger partial charge in [0.25, 0.3) is 0 Å². The van der Waals surface area contributed by atoms with Crippen molar-refractivity contribution in [2.24, 2.45) is 0 Å². The number of fused-ring (bicyclic) bond motifs is 3. The molecule has 0 saturated carbocycles. The molecule has 2 heteroatoms. The first-order chi connectivity index (χ1) is 10.4. The van der Waals surface area contributed by atoms with Crippen LogP contribution in [0.4, 0.5) is 0 Å². The maximum absolute atomic E-state index is 5.26. The van der Waals surface area contributed by atoms with Crippen molar-refractivity contribution in [2.45, 2.75) is 0 Å². The van der Waals surface area contributed by atoms with E-state index in [2.05, 4.69) is 65.2 Å². The zero-order valence-electron chi connectivity index (χ0n) is 11.8. The molecule has 0 aliphatic carbocycles. The zero-order valence-corrected chi connectivity index (χ0v) is 11.8. The van der Waals surface area contributed by atoms with E-state index < -0.39 is 0 Å². The highest BCUT2D eigenvalue weighted by molar-refractivity contribution is 6.05. The maximum atomic E-state index is 5.26. The Bertz CT molecular complexity index is 866. The molecule has 0 spiro atoms. The van der Waals surface area contributed by atoms with E-state index >= 15 is 0 Å². The van der Waals surface area contributed by atoms with E-state index in [0.717, 1.165) is 5.75 Å². The SMILES string of the molecule is COc1ccc(-c2c3ccccc3n3ccccc23)cc1. The lowest BCUT2D eigenvalue weighted by molar-refractivity contribution is 0.415. The van der Waals surface area contributed by atoms with Gasteiger partial charge in [0, 0.05) is 17.1 Å². The molecule has 0 saturated heterocycles. The first-order valence-corrected chi connectivity index (χ1v) is 7.01. The number of pyridine rings is 1. The Hall–Kier alpha value is -2.74. The number of hydrogen-bond donors (Lipinski definition) is 0. The molecule has 0 amide bonds. The second-order valence-electron chi connectivity index (χ2n) is 5.08. The van der Waals surface area contributed by atoms with Crippen molar-refractivity contribution in [3.63, 3.8) is 0 Å². The Kier molecular flexibility index (Phi) is 2.68. The molecule has 0 aliphatic heterocycles. The molecule has 0 fully saturated rings. The molecule has 0 unspecified atom stereocenters. The fraction of sp³-hybridized carbons (Fsp3) is 0.0526. The van der Waals surface area contributed by atoms with Crippen LogP contribution in [0, 0.1) is 0 Å². The number of aromatic nitrogens is 1. The predicted molar refractivity (Wildman–Crippen MR) is 86.9 cm³/mol. The summed E-state index contributed by atoms with van der Waals surface area (Å²) >= 11 is 0. The summed E-state index contributed by atoms with van der Waals surface area (Å²) in [5, 5.41) is 1.27. The van der Waals surface area contributed by atoms with Crippen LogP contribution in [0.2, 0.25) is 0 Å². The standard InChI is InChI=1S/C19H15NO/c1-21-15-11-9-14(10-12-15)19-16-6-2-3-7-17(16)20-13-5-4-8-18(19)20/h2-13H,1H3. The summed E-state index contributed by atoms with van der Waals surface area (Å²) < 4.78 is 7.50. The number of nitrogens with zero attached hydrogens (tertiary/aromatic N) is 1. The van der Waals surface area contributed by atoms with Crippen LogP contribution in [0.5, 0.6) is 5.75 Å². The van der Waals surface area contributed by atoms with Crippen LogP contribution in [0.15, 0.2) is 72.9 Å². The fourth-order valence-corrected chi connectivity index (χ4v) is 2.95. The number of hydrogen-bond acceptors (Lipinski definition) is 1. The Morgan fingerprint density at radius 3 is 2.29 bits per heavy atom. The van der Waals surface area contributed by atoms with Crippen LogP contribution in [-0.4, -0.2) is 11.5 Å². The summed E-state index contributed by atoms with van der Waals surface area (Å²) in [4.78, 5) is 0. The molecule has 0 aliphatic rings. The van der Waals surface area contributed by atoms with Crippen LogP contribution in [0.3, 0.4) is 0 Å². The molecule has 0 atom stereocenters. The van der Waals surface area contributed by atoms with Gasteiger partial charge in [-0.3, -0.25) is 0 Å². The molecule has 4 rings (SSSR count). The molecule has 21 heavy (non-hydrogen) atoms. The maximum Gasteiger partial charge on any atom is 0.118 e. The molecule has 2 heterocycles. The van der Waals surface area contributed by atoms with Gasteiger partial charge in [-0.2, -0.15) is 0 Å². The second kappa shape index (κ2) is 4.67. The normalized spacial score (nSPS) is 11.1. The van der Waals surface area contributed by atoms with Crippen molar-refractivity contribution in [1.82, 2.24) is 4.40 Å².